The van der Waals surface area contributed by atoms with Crippen molar-refractivity contribution < 1.29 is 4.74 Å². The molecule has 0 heterocycles. The maximum atomic E-state index is 5.79. The summed E-state index contributed by atoms with van der Waals surface area (Å²) >= 11 is 0. The molecule has 0 amide bonds. The molecule has 9 atom stereocenters. The minimum Gasteiger partial charge on any atom is -0.381 e. The lowest BCUT2D eigenvalue weighted by atomic mass is 9.44. The number of methoxy groups -OCH3 is 1. The van der Waals surface area contributed by atoms with Gasteiger partial charge in [-0.15, -0.1) is 0 Å². The predicted molar refractivity (Wildman–Crippen MR) is 124 cm³/mol. The van der Waals surface area contributed by atoms with Crippen molar-refractivity contribution in [1.29, 1.82) is 0 Å². The molecule has 0 saturated heterocycles. The Morgan fingerprint density at radius 1 is 0.828 bits per heavy atom. The van der Waals surface area contributed by atoms with E-state index in [1.807, 2.05) is 7.11 Å². The van der Waals surface area contributed by atoms with Crippen LogP contribution in [0.5, 0.6) is 0 Å². The molecular formula is C28H50O. The van der Waals surface area contributed by atoms with E-state index in [4.69, 9.17) is 4.74 Å². The zero-order valence-electron chi connectivity index (χ0n) is 20.5. The van der Waals surface area contributed by atoms with E-state index in [9.17, 15) is 0 Å². The second-order valence-electron chi connectivity index (χ2n) is 12.8. The number of rotatable bonds is 6. The molecule has 4 fully saturated rings. The van der Waals surface area contributed by atoms with Gasteiger partial charge in [-0.2, -0.15) is 0 Å². The molecule has 0 aromatic rings. The van der Waals surface area contributed by atoms with E-state index in [2.05, 4.69) is 34.6 Å². The first-order valence-electron chi connectivity index (χ1n) is 13.3. The van der Waals surface area contributed by atoms with Crippen molar-refractivity contribution >= 4 is 0 Å². The van der Waals surface area contributed by atoms with Gasteiger partial charge in [0.2, 0.25) is 0 Å². The van der Waals surface area contributed by atoms with Crippen LogP contribution in [0.1, 0.15) is 112 Å². The van der Waals surface area contributed by atoms with Crippen molar-refractivity contribution in [1.82, 2.24) is 0 Å². The molecule has 1 nitrogen and oxygen atoms in total. The fourth-order valence-electron chi connectivity index (χ4n) is 9.46. The summed E-state index contributed by atoms with van der Waals surface area (Å²) in [5.41, 5.74) is 1.26. The minimum absolute atomic E-state index is 0.543. The van der Waals surface area contributed by atoms with Gasteiger partial charge in [0.05, 0.1) is 6.10 Å². The molecule has 4 saturated carbocycles. The summed E-state index contributed by atoms with van der Waals surface area (Å²) in [6, 6.07) is 0. The van der Waals surface area contributed by atoms with Crippen LogP contribution < -0.4 is 0 Å². The Morgan fingerprint density at radius 2 is 1.55 bits per heavy atom. The maximum Gasteiger partial charge on any atom is 0.0574 e. The highest BCUT2D eigenvalue weighted by molar-refractivity contribution is 5.09. The molecule has 0 radical (unpaired) electrons. The highest BCUT2D eigenvalue weighted by Gasteiger charge is 2.60. The first-order chi connectivity index (χ1) is 13.8. The fourth-order valence-corrected chi connectivity index (χ4v) is 9.46. The Balaban J connectivity index is 1.45. The summed E-state index contributed by atoms with van der Waals surface area (Å²) in [5, 5.41) is 0. The lowest BCUT2D eigenvalue weighted by Gasteiger charge is -2.61. The normalized spacial score (nSPS) is 48.1. The quantitative estimate of drug-likeness (QED) is 0.436. The van der Waals surface area contributed by atoms with Crippen LogP contribution in [-0.2, 0) is 4.74 Å². The molecule has 0 aromatic heterocycles. The van der Waals surface area contributed by atoms with Crippen LogP contribution in [0.25, 0.3) is 0 Å². The molecule has 0 aliphatic heterocycles. The predicted octanol–water partition coefficient (Wildman–Crippen LogP) is 8.12. The second-order valence-corrected chi connectivity index (χ2v) is 12.8. The molecule has 0 bridgehead atoms. The first kappa shape index (κ1) is 22.2. The van der Waals surface area contributed by atoms with E-state index in [1.54, 1.807) is 0 Å². The minimum atomic E-state index is 0.543. The number of hydrogen-bond donors (Lipinski definition) is 0. The topological polar surface area (TPSA) is 9.23 Å². The molecule has 0 spiro atoms. The average molecular weight is 403 g/mol. The summed E-state index contributed by atoms with van der Waals surface area (Å²) in [6.07, 6.45) is 18.1. The SMILES string of the molecule is CO[C@H]1CC[C@@]2(C)[C@H](CC[C@@H]3[C@@H]2CC[C@]2(C)[C@@H]([C@H](C)CCCC(C)C)CC[C@@H]32)C1. The van der Waals surface area contributed by atoms with Gasteiger partial charge >= 0.3 is 0 Å². The Hall–Kier alpha value is -0.0400. The van der Waals surface area contributed by atoms with Crippen molar-refractivity contribution in [3.8, 4) is 0 Å². The third-order valence-electron chi connectivity index (χ3n) is 11.2. The van der Waals surface area contributed by atoms with Gasteiger partial charge in [0.15, 0.2) is 0 Å². The van der Waals surface area contributed by atoms with Crippen LogP contribution in [-0.4, -0.2) is 13.2 Å². The molecule has 29 heavy (non-hydrogen) atoms. The van der Waals surface area contributed by atoms with Gasteiger partial charge in [0, 0.05) is 7.11 Å². The van der Waals surface area contributed by atoms with E-state index < -0.39 is 0 Å². The van der Waals surface area contributed by atoms with E-state index in [0.29, 0.717) is 16.9 Å². The summed E-state index contributed by atoms with van der Waals surface area (Å²) < 4.78 is 5.79. The highest BCUT2D eigenvalue weighted by atomic mass is 16.5. The van der Waals surface area contributed by atoms with E-state index in [-0.39, 0.29) is 0 Å². The van der Waals surface area contributed by atoms with Crippen molar-refractivity contribution in [3.05, 3.63) is 0 Å². The largest absolute Gasteiger partial charge is 0.381 e. The van der Waals surface area contributed by atoms with Gasteiger partial charge in [-0.25, -0.2) is 0 Å². The van der Waals surface area contributed by atoms with Crippen molar-refractivity contribution in [2.24, 2.45) is 52.3 Å². The van der Waals surface area contributed by atoms with Crippen molar-refractivity contribution in [2.45, 2.75) is 118 Å². The van der Waals surface area contributed by atoms with Crippen LogP contribution in [0.3, 0.4) is 0 Å². The Morgan fingerprint density at radius 3 is 2.28 bits per heavy atom. The maximum absolute atomic E-state index is 5.79. The third-order valence-corrected chi connectivity index (χ3v) is 11.2. The van der Waals surface area contributed by atoms with Crippen molar-refractivity contribution in [2.75, 3.05) is 7.11 Å². The summed E-state index contributed by atoms with van der Waals surface area (Å²) in [6.45, 7) is 12.8. The molecule has 0 N–H and O–H groups in total. The van der Waals surface area contributed by atoms with E-state index in [1.165, 1.54) is 77.0 Å². The zero-order valence-corrected chi connectivity index (χ0v) is 20.5. The smallest absolute Gasteiger partial charge is 0.0574 e. The third kappa shape index (κ3) is 3.85. The lowest BCUT2D eigenvalue weighted by molar-refractivity contribution is -0.133. The molecule has 4 aliphatic carbocycles. The zero-order chi connectivity index (χ0) is 20.8. The summed E-state index contributed by atoms with van der Waals surface area (Å²) in [4.78, 5) is 0. The molecule has 0 aromatic carbocycles. The van der Waals surface area contributed by atoms with Crippen LogP contribution in [0.15, 0.2) is 0 Å². The number of hydrogen-bond acceptors (Lipinski definition) is 1. The van der Waals surface area contributed by atoms with Gasteiger partial charge in [-0.1, -0.05) is 53.9 Å². The number of ether oxygens (including phenoxy) is 1. The average Bonchev–Trinajstić information content (AvgIpc) is 3.04. The number of fused-ring (bicyclic) bond motifs is 5. The van der Waals surface area contributed by atoms with Gasteiger partial charge in [-0.3, -0.25) is 0 Å². The van der Waals surface area contributed by atoms with E-state index in [0.717, 1.165) is 41.4 Å². The van der Waals surface area contributed by atoms with Crippen LogP contribution in [0.2, 0.25) is 0 Å². The summed E-state index contributed by atoms with van der Waals surface area (Å²) in [5.74, 6) is 6.79. The van der Waals surface area contributed by atoms with Crippen LogP contribution in [0, 0.1) is 52.3 Å². The Kier molecular flexibility index (Phi) is 6.48. The molecule has 1 heteroatoms. The Labute approximate surface area is 182 Å². The van der Waals surface area contributed by atoms with E-state index >= 15 is 0 Å². The molecule has 4 aliphatic rings. The molecular weight excluding hydrogens is 352 g/mol. The molecule has 4 rings (SSSR count). The van der Waals surface area contributed by atoms with Gasteiger partial charge in [-0.05, 0) is 110 Å². The highest BCUT2D eigenvalue weighted by Crippen LogP contribution is 2.68. The monoisotopic (exact) mass is 402 g/mol. The van der Waals surface area contributed by atoms with Gasteiger partial charge in [0.1, 0.15) is 0 Å². The standard InChI is InChI=1S/C28H50O/c1-19(2)8-7-9-20(3)24-12-13-25-23-11-10-21-18-22(29-6)14-16-27(21,4)26(23)15-17-28(24,25)5/h19-26H,7-18H2,1-6H3/t20-,21-,22+,23+,24-,25+,26+,27+,28-/m1/s1. The van der Waals surface area contributed by atoms with Crippen LogP contribution in [0.4, 0.5) is 0 Å². The van der Waals surface area contributed by atoms with Crippen molar-refractivity contribution in [3.63, 3.8) is 0 Å². The second kappa shape index (κ2) is 8.48. The van der Waals surface area contributed by atoms with Gasteiger partial charge < -0.3 is 4.74 Å². The van der Waals surface area contributed by atoms with Gasteiger partial charge in [0.25, 0.3) is 0 Å². The molecule has 168 valence electrons. The first-order valence-corrected chi connectivity index (χ1v) is 13.3. The Bertz CT molecular complexity index is 555. The van der Waals surface area contributed by atoms with Crippen LogP contribution >= 0.6 is 0 Å². The summed E-state index contributed by atoms with van der Waals surface area (Å²) in [7, 11) is 1.94. The molecule has 0 unspecified atom stereocenters. The lowest BCUT2D eigenvalue weighted by Crippen LogP contribution is -2.54. The fraction of sp³-hybridized carbons (Fsp3) is 1.00.